The quantitative estimate of drug-likeness (QED) is 0.561. The monoisotopic (exact) mass is 363 g/mol. The number of rotatable bonds is 7. The molecule has 0 aliphatic rings. The summed E-state index contributed by atoms with van der Waals surface area (Å²) >= 11 is 1.02. The standard InChI is InChI=1S/C19H19F2NO2S/c1-12(2)9-19(24)22-15-6-3-13(4-7-15)17(23)11-25-18-8-5-14(20)10-16(18)21/h3-8,10,12H,9,11H2,1-2H3,(H,22,24). The summed E-state index contributed by atoms with van der Waals surface area (Å²) < 4.78 is 26.4. The Balaban J connectivity index is 1.92. The largest absolute Gasteiger partial charge is 0.326 e. The third kappa shape index (κ3) is 5.98. The van der Waals surface area contributed by atoms with E-state index in [-0.39, 0.29) is 28.3 Å². The van der Waals surface area contributed by atoms with Crippen LogP contribution in [-0.2, 0) is 4.79 Å². The lowest BCUT2D eigenvalue weighted by Crippen LogP contribution is -2.14. The highest BCUT2D eigenvalue weighted by Crippen LogP contribution is 2.23. The van der Waals surface area contributed by atoms with Crippen molar-refractivity contribution >= 4 is 29.1 Å². The molecule has 0 bridgehead atoms. The topological polar surface area (TPSA) is 46.2 Å². The van der Waals surface area contributed by atoms with E-state index in [2.05, 4.69) is 5.32 Å². The Morgan fingerprint density at radius 1 is 1.08 bits per heavy atom. The van der Waals surface area contributed by atoms with E-state index in [0.29, 0.717) is 17.7 Å². The van der Waals surface area contributed by atoms with Crippen LogP contribution in [0.25, 0.3) is 0 Å². The van der Waals surface area contributed by atoms with E-state index >= 15 is 0 Å². The van der Waals surface area contributed by atoms with Crippen molar-refractivity contribution in [3.63, 3.8) is 0 Å². The molecule has 0 aliphatic carbocycles. The van der Waals surface area contributed by atoms with E-state index in [1.165, 1.54) is 6.07 Å². The summed E-state index contributed by atoms with van der Waals surface area (Å²) in [5.74, 6) is -1.26. The molecular weight excluding hydrogens is 344 g/mol. The van der Waals surface area contributed by atoms with Crippen LogP contribution in [0.4, 0.5) is 14.5 Å². The Morgan fingerprint density at radius 3 is 2.36 bits per heavy atom. The van der Waals surface area contributed by atoms with Gasteiger partial charge in [-0.3, -0.25) is 9.59 Å². The number of ketones is 1. The molecule has 6 heteroatoms. The Hall–Kier alpha value is -2.21. The highest BCUT2D eigenvalue weighted by molar-refractivity contribution is 8.00. The van der Waals surface area contributed by atoms with E-state index in [9.17, 15) is 18.4 Å². The van der Waals surface area contributed by atoms with Gasteiger partial charge in [-0.1, -0.05) is 13.8 Å². The molecule has 132 valence electrons. The molecule has 1 N–H and O–H groups in total. The minimum absolute atomic E-state index is 0.0433. The summed E-state index contributed by atoms with van der Waals surface area (Å²) in [6.07, 6.45) is 0.431. The first-order valence-corrected chi connectivity index (χ1v) is 8.84. The number of halogens is 2. The van der Waals surface area contributed by atoms with Crippen molar-refractivity contribution in [2.45, 2.75) is 25.2 Å². The molecule has 0 unspecified atom stereocenters. The predicted octanol–water partition coefficient (Wildman–Crippen LogP) is 4.92. The lowest BCUT2D eigenvalue weighted by molar-refractivity contribution is -0.116. The van der Waals surface area contributed by atoms with Crippen LogP contribution in [0, 0.1) is 17.6 Å². The van der Waals surface area contributed by atoms with Crippen LogP contribution in [-0.4, -0.2) is 17.4 Å². The summed E-state index contributed by atoms with van der Waals surface area (Å²) in [6.45, 7) is 3.92. The molecule has 2 aromatic carbocycles. The van der Waals surface area contributed by atoms with Crippen LogP contribution in [0.15, 0.2) is 47.4 Å². The first kappa shape index (κ1) is 19.1. The van der Waals surface area contributed by atoms with Gasteiger partial charge in [0.05, 0.1) is 5.75 Å². The molecule has 1 amide bonds. The Labute approximate surface area is 149 Å². The molecule has 0 saturated heterocycles. The van der Waals surface area contributed by atoms with E-state index < -0.39 is 11.6 Å². The fraction of sp³-hybridized carbons (Fsp3) is 0.263. The van der Waals surface area contributed by atoms with E-state index in [4.69, 9.17) is 0 Å². The third-order valence-electron chi connectivity index (χ3n) is 3.34. The minimum atomic E-state index is -0.680. The number of benzene rings is 2. The summed E-state index contributed by atoms with van der Waals surface area (Å²) in [5, 5.41) is 2.77. The fourth-order valence-corrected chi connectivity index (χ4v) is 2.96. The molecule has 0 aromatic heterocycles. The summed E-state index contributed by atoms with van der Waals surface area (Å²) in [5.41, 5.74) is 1.09. The van der Waals surface area contributed by atoms with Crippen LogP contribution in [0.5, 0.6) is 0 Å². The zero-order valence-corrected chi connectivity index (χ0v) is 14.8. The van der Waals surface area contributed by atoms with Gasteiger partial charge in [0.1, 0.15) is 11.6 Å². The van der Waals surface area contributed by atoms with Crippen LogP contribution >= 0.6 is 11.8 Å². The molecular formula is C19H19F2NO2S. The summed E-state index contributed by atoms with van der Waals surface area (Å²) in [7, 11) is 0. The summed E-state index contributed by atoms with van der Waals surface area (Å²) in [4.78, 5) is 24.1. The average molecular weight is 363 g/mol. The maximum Gasteiger partial charge on any atom is 0.224 e. The number of thioether (sulfide) groups is 1. The molecule has 0 radical (unpaired) electrons. The highest BCUT2D eigenvalue weighted by atomic mass is 32.2. The molecule has 0 spiro atoms. The lowest BCUT2D eigenvalue weighted by atomic mass is 10.1. The van der Waals surface area contributed by atoms with Gasteiger partial charge >= 0.3 is 0 Å². The fourth-order valence-electron chi connectivity index (χ4n) is 2.14. The van der Waals surface area contributed by atoms with Crippen molar-refractivity contribution in [1.82, 2.24) is 0 Å². The van der Waals surface area contributed by atoms with Crippen LogP contribution in [0.3, 0.4) is 0 Å². The molecule has 0 heterocycles. The second kappa shape index (κ2) is 8.76. The maximum absolute atomic E-state index is 13.6. The number of nitrogens with one attached hydrogen (secondary N) is 1. The van der Waals surface area contributed by atoms with E-state index in [1.807, 2.05) is 13.8 Å². The van der Waals surface area contributed by atoms with Gasteiger partial charge in [0.2, 0.25) is 5.91 Å². The molecule has 0 fully saturated rings. The third-order valence-corrected chi connectivity index (χ3v) is 4.39. The normalized spacial score (nSPS) is 10.8. The smallest absolute Gasteiger partial charge is 0.224 e. The number of carbonyl (C=O) groups excluding carboxylic acids is 2. The maximum atomic E-state index is 13.6. The van der Waals surface area contributed by atoms with Gasteiger partial charge in [-0.05, 0) is 42.3 Å². The molecule has 0 saturated carbocycles. The first-order chi connectivity index (χ1) is 11.8. The molecule has 2 rings (SSSR count). The zero-order chi connectivity index (χ0) is 18.4. The van der Waals surface area contributed by atoms with Crippen molar-refractivity contribution in [3.05, 3.63) is 59.7 Å². The Kier molecular flexibility index (Phi) is 6.70. The molecule has 2 aromatic rings. The van der Waals surface area contributed by atoms with Crippen molar-refractivity contribution in [2.75, 3.05) is 11.1 Å². The van der Waals surface area contributed by atoms with E-state index in [0.717, 1.165) is 23.9 Å². The second-order valence-electron chi connectivity index (χ2n) is 6.01. The average Bonchev–Trinajstić information content (AvgIpc) is 2.53. The van der Waals surface area contributed by atoms with Crippen molar-refractivity contribution in [1.29, 1.82) is 0 Å². The van der Waals surface area contributed by atoms with Gasteiger partial charge in [-0.15, -0.1) is 11.8 Å². The minimum Gasteiger partial charge on any atom is -0.326 e. The first-order valence-electron chi connectivity index (χ1n) is 7.86. The van der Waals surface area contributed by atoms with Gasteiger partial charge in [0.25, 0.3) is 0 Å². The van der Waals surface area contributed by atoms with Crippen molar-refractivity contribution < 1.29 is 18.4 Å². The number of anilines is 1. The number of amides is 1. The van der Waals surface area contributed by atoms with Crippen molar-refractivity contribution in [3.8, 4) is 0 Å². The summed E-state index contributed by atoms with van der Waals surface area (Å²) in [6, 6.07) is 9.83. The Bertz CT molecular complexity index is 761. The highest BCUT2D eigenvalue weighted by Gasteiger charge is 2.11. The van der Waals surface area contributed by atoms with Gasteiger partial charge in [-0.2, -0.15) is 0 Å². The Morgan fingerprint density at radius 2 is 1.76 bits per heavy atom. The van der Waals surface area contributed by atoms with Gasteiger partial charge in [-0.25, -0.2) is 8.78 Å². The molecule has 0 aliphatic heterocycles. The predicted molar refractivity (Wildman–Crippen MR) is 95.9 cm³/mol. The molecule has 3 nitrogen and oxygen atoms in total. The van der Waals surface area contributed by atoms with Gasteiger partial charge in [0, 0.05) is 28.6 Å². The second-order valence-corrected chi connectivity index (χ2v) is 7.03. The van der Waals surface area contributed by atoms with Crippen LogP contribution in [0.2, 0.25) is 0 Å². The SMILES string of the molecule is CC(C)CC(=O)Nc1ccc(C(=O)CSc2ccc(F)cc2F)cc1. The number of carbonyl (C=O) groups is 2. The van der Waals surface area contributed by atoms with Gasteiger partial charge in [0.15, 0.2) is 5.78 Å². The molecule has 25 heavy (non-hydrogen) atoms. The lowest BCUT2D eigenvalue weighted by Gasteiger charge is -2.08. The molecule has 0 atom stereocenters. The van der Waals surface area contributed by atoms with Crippen LogP contribution < -0.4 is 5.32 Å². The van der Waals surface area contributed by atoms with E-state index in [1.54, 1.807) is 24.3 Å². The number of hydrogen-bond acceptors (Lipinski definition) is 3. The van der Waals surface area contributed by atoms with Gasteiger partial charge < -0.3 is 5.32 Å². The number of Topliss-reactive ketones (excluding diaryl/α,β-unsaturated/α-hetero) is 1. The number of hydrogen-bond donors (Lipinski definition) is 1. The van der Waals surface area contributed by atoms with Crippen molar-refractivity contribution in [2.24, 2.45) is 5.92 Å². The van der Waals surface area contributed by atoms with Crippen LogP contribution in [0.1, 0.15) is 30.6 Å². The zero-order valence-electron chi connectivity index (χ0n) is 14.0.